The third-order valence-corrected chi connectivity index (χ3v) is 11.5. The molecule has 136 valence electrons. The SMILES string of the molecule is C=C/C(=C/[C@@H]1C[C@H]2C(=C)CC(Br)C1[C@H]2OC)O[Si](C)(C)C(C)(C)C. The maximum Gasteiger partial charge on any atom is 0.250 e. The molecule has 0 aliphatic heterocycles. The van der Waals surface area contributed by atoms with Crippen LogP contribution in [0.4, 0.5) is 0 Å². The third-order valence-electron chi connectivity index (χ3n) is 6.23. The van der Waals surface area contributed by atoms with Gasteiger partial charge in [0.15, 0.2) is 0 Å². The molecule has 0 aromatic heterocycles. The largest absolute Gasteiger partial charge is 0.544 e. The van der Waals surface area contributed by atoms with Gasteiger partial charge in [-0.1, -0.05) is 55.4 Å². The van der Waals surface area contributed by atoms with Gasteiger partial charge < -0.3 is 9.16 Å². The topological polar surface area (TPSA) is 18.5 Å². The molecule has 0 aromatic rings. The average Bonchev–Trinajstić information content (AvgIpc) is 2.77. The average molecular weight is 413 g/mol. The molecule has 2 aliphatic rings. The number of alkyl halides is 1. The fraction of sp³-hybridized carbons (Fsp3) is 0.700. The van der Waals surface area contributed by atoms with Crippen molar-refractivity contribution >= 4 is 24.2 Å². The molecule has 0 heterocycles. The van der Waals surface area contributed by atoms with Crippen molar-refractivity contribution in [2.24, 2.45) is 17.8 Å². The predicted octanol–water partition coefficient (Wildman–Crippen LogP) is 6.07. The lowest BCUT2D eigenvalue weighted by Crippen LogP contribution is -2.40. The van der Waals surface area contributed by atoms with Crippen LogP contribution in [-0.4, -0.2) is 26.4 Å². The van der Waals surface area contributed by atoms with Crippen molar-refractivity contribution in [2.75, 3.05) is 7.11 Å². The molecular formula is C20H33BrO2Si. The molecule has 0 saturated heterocycles. The van der Waals surface area contributed by atoms with E-state index in [1.807, 2.05) is 13.2 Å². The number of allylic oxidation sites excluding steroid dienone is 2. The first-order valence-electron chi connectivity index (χ1n) is 8.89. The Balaban J connectivity index is 2.25. The quantitative estimate of drug-likeness (QED) is 0.179. The highest BCUT2D eigenvalue weighted by Crippen LogP contribution is 2.52. The van der Waals surface area contributed by atoms with E-state index in [1.165, 1.54) is 5.57 Å². The Morgan fingerprint density at radius 1 is 1.33 bits per heavy atom. The number of rotatable bonds is 5. The van der Waals surface area contributed by atoms with Crippen LogP contribution in [0, 0.1) is 17.8 Å². The summed E-state index contributed by atoms with van der Waals surface area (Å²) in [6, 6.07) is 0. The van der Waals surface area contributed by atoms with Crippen LogP contribution in [-0.2, 0) is 9.16 Å². The number of fused-ring (bicyclic) bond motifs is 2. The van der Waals surface area contributed by atoms with Gasteiger partial charge in [-0.15, -0.1) is 0 Å². The smallest absolute Gasteiger partial charge is 0.250 e. The molecule has 2 saturated carbocycles. The normalized spacial score (nSPS) is 34.4. The van der Waals surface area contributed by atoms with Gasteiger partial charge in [0.2, 0.25) is 8.32 Å². The van der Waals surface area contributed by atoms with Crippen molar-refractivity contribution < 1.29 is 9.16 Å². The molecule has 2 bridgehead atoms. The molecule has 0 N–H and O–H groups in total. The predicted molar refractivity (Wildman–Crippen MR) is 109 cm³/mol. The number of hydrogen-bond acceptors (Lipinski definition) is 2. The Hall–Kier alpha value is -0.323. The zero-order valence-electron chi connectivity index (χ0n) is 16.1. The molecule has 2 nitrogen and oxygen atoms in total. The van der Waals surface area contributed by atoms with Crippen molar-refractivity contribution in [3.05, 3.63) is 36.6 Å². The Bertz CT molecular complexity index is 532. The second-order valence-electron chi connectivity index (χ2n) is 8.80. The van der Waals surface area contributed by atoms with Gasteiger partial charge in [0.25, 0.3) is 0 Å². The van der Waals surface area contributed by atoms with E-state index < -0.39 is 8.32 Å². The highest BCUT2D eigenvalue weighted by molar-refractivity contribution is 9.09. The lowest BCUT2D eigenvalue weighted by atomic mass is 9.81. The summed E-state index contributed by atoms with van der Waals surface area (Å²) in [4.78, 5) is 0.425. The Morgan fingerprint density at radius 3 is 2.46 bits per heavy atom. The monoisotopic (exact) mass is 412 g/mol. The minimum Gasteiger partial charge on any atom is -0.544 e. The maximum atomic E-state index is 6.50. The lowest BCUT2D eigenvalue weighted by Gasteiger charge is -2.37. The van der Waals surface area contributed by atoms with E-state index in [4.69, 9.17) is 9.16 Å². The van der Waals surface area contributed by atoms with E-state index in [2.05, 4.69) is 69.0 Å². The number of methoxy groups -OCH3 is 1. The van der Waals surface area contributed by atoms with E-state index in [0.29, 0.717) is 22.6 Å². The van der Waals surface area contributed by atoms with Gasteiger partial charge in [-0.05, 0) is 49.0 Å². The van der Waals surface area contributed by atoms with Crippen molar-refractivity contribution in [1.29, 1.82) is 0 Å². The highest BCUT2D eigenvalue weighted by Gasteiger charge is 2.50. The fourth-order valence-corrected chi connectivity index (χ4v) is 5.97. The van der Waals surface area contributed by atoms with Crippen LogP contribution in [0.3, 0.4) is 0 Å². The Morgan fingerprint density at radius 2 is 1.96 bits per heavy atom. The molecule has 2 aliphatic carbocycles. The van der Waals surface area contributed by atoms with Crippen molar-refractivity contribution in [3.8, 4) is 0 Å². The van der Waals surface area contributed by atoms with Crippen LogP contribution in [0.5, 0.6) is 0 Å². The van der Waals surface area contributed by atoms with Crippen LogP contribution in [0.15, 0.2) is 36.6 Å². The zero-order valence-corrected chi connectivity index (χ0v) is 18.7. The van der Waals surface area contributed by atoms with E-state index in [1.54, 1.807) is 0 Å². The van der Waals surface area contributed by atoms with Gasteiger partial charge in [-0.2, -0.15) is 0 Å². The minimum absolute atomic E-state index is 0.183. The molecule has 0 spiro atoms. The molecule has 4 heteroatoms. The first kappa shape index (κ1) is 20.0. The second-order valence-corrected chi connectivity index (χ2v) is 14.7. The van der Waals surface area contributed by atoms with Crippen molar-refractivity contribution in [1.82, 2.24) is 0 Å². The number of hydrogen-bond donors (Lipinski definition) is 0. The summed E-state index contributed by atoms with van der Waals surface area (Å²) in [5, 5.41) is 0.183. The van der Waals surface area contributed by atoms with E-state index >= 15 is 0 Å². The van der Waals surface area contributed by atoms with Crippen LogP contribution >= 0.6 is 15.9 Å². The third kappa shape index (κ3) is 3.76. The summed E-state index contributed by atoms with van der Waals surface area (Å²) in [6.45, 7) is 19.7. The molecule has 2 rings (SSSR count). The van der Waals surface area contributed by atoms with Crippen LogP contribution < -0.4 is 0 Å². The highest BCUT2D eigenvalue weighted by atomic mass is 79.9. The van der Waals surface area contributed by atoms with Gasteiger partial charge in [0.05, 0.1) is 11.9 Å². The van der Waals surface area contributed by atoms with Crippen molar-refractivity contribution in [3.63, 3.8) is 0 Å². The zero-order chi connectivity index (χ0) is 18.3. The number of ether oxygens (including phenoxy) is 1. The fourth-order valence-electron chi connectivity index (χ4n) is 3.81. The summed E-state index contributed by atoms with van der Waals surface area (Å²) in [6.07, 6.45) is 6.59. The van der Waals surface area contributed by atoms with E-state index in [0.717, 1.165) is 18.6 Å². The molecule has 2 unspecified atom stereocenters. The standard InChI is InChI=1S/C20H33BrO2Si/c1-9-15(23-24(7,8)20(3,4)5)11-14-12-16-13(2)10-17(21)18(14)19(16)22-6/h9,11,14,16-19H,1-2,10,12H2,3-8H3/b15-11-/t14-,16+,17?,18?,19+/m1/s1. The van der Waals surface area contributed by atoms with Crippen molar-refractivity contribution in [2.45, 2.75) is 62.7 Å². The van der Waals surface area contributed by atoms with E-state index in [9.17, 15) is 0 Å². The summed E-state index contributed by atoms with van der Waals surface area (Å²) >= 11 is 3.88. The first-order chi connectivity index (χ1) is 11.0. The number of halogens is 1. The molecule has 24 heavy (non-hydrogen) atoms. The Labute approximate surface area is 157 Å². The minimum atomic E-state index is -1.85. The van der Waals surface area contributed by atoms with Crippen LogP contribution in [0.2, 0.25) is 18.1 Å². The maximum absolute atomic E-state index is 6.50. The van der Waals surface area contributed by atoms with Gasteiger partial charge in [0.1, 0.15) is 0 Å². The molecule has 0 radical (unpaired) electrons. The molecule has 0 aromatic carbocycles. The van der Waals surface area contributed by atoms with Gasteiger partial charge >= 0.3 is 0 Å². The molecule has 2 fully saturated rings. The summed E-state index contributed by atoms with van der Waals surface area (Å²) in [5.74, 6) is 2.33. The van der Waals surface area contributed by atoms with E-state index in [-0.39, 0.29) is 11.1 Å². The second kappa shape index (κ2) is 7.12. The van der Waals surface area contributed by atoms with Crippen LogP contribution in [0.25, 0.3) is 0 Å². The van der Waals surface area contributed by atoms with Gasteiger partial charge in [0, 0.05) is 23.8 Å². The lowest BCUT2D eigenvalue weighted by molar-refractivity contribution is 0.0325. The van der Waals surface area contributed by atoms with Gasteiger partial charge in [-0.3, -0.25) is 0 Å². The Kier molecular flexibility index (Phi) is 5.93. The summed E-state index contributed by atoms with van der Waals surface area (Å²) in [5.41, 5.74) is 1.32. The summed E-state index contributed by atoms with van der Waals surface area (Å²) < 4.78 is 12.3. The molecule has 5 atom stereocenters. The molecular weight excluding hydrogens is 380 g/mol. The van der Waals surface area contributed by atoms with Gasteiger partial charge in [-0.25, -0.2) is 0 Å². The molecule has 0 amide bonds. The summed E-state index contributed by atoms with van der Waals surface area (Å²) in [7, 11) is -0.0214. The van der Waals surface area contributed by atoms with Crippen LogP contribution in [0.1, 0.15) is 33.6 Å². The first-order valence-corrected chi connectivity index (χ1v) is 12.7.